The number of piperidine rings is 1. The average Bonchev–Trinajstić information content (AvgIpc) is 2.99. The normalized spacial score (nSPS) is 15.3. The highest BCUT2D eigenvalue weighted by Gasteiger charge is 2.29. The van der Waals surface area contributed by atoms with Gasteiger partial charge in [-0.15, -0.1) is 0 Å². The summed E-state index contributed by atoms with van der Waals surface area (Å²) < 4.78 is 12.1. The van der Waals surface area contributed by atoms with E-state index in [0.29, 0.717) is 30.4 Å². The van der Waals surface area contributed by atoms with Gasteiger partial charge in [0.05, 0.1) is 36.7 Å². The smallest absolute Gasteiger partial charge is 0.313 e. The van der Waals surface area contributed by atoms with Crippen molar-refractivity contribution in [1.82, 2.24) is 15.0 Å². The van der Waals surface area contributed by atoms with Crippen LogP contribution in [0.3, 0.4) is 0 Å². The Labute approximate surface area is 240 Å². The number of carboxylic acids is 1. The second kappa shape index (κ2) is 12.2. The Balaban J connectivity index is 1.29. The molecule has 1 saturated heterocycles. The van der Waals surface area contributed by atoms with Crippen LogP contribution in [0.5, 0.6) is 11.5 Å². The molecule has 1 aliphatic heterocycles. The molecule has 41 heavy (non-hydrogen) atoms. The second-order valence-electron chi connectivity index (χ2n) is 10.5. The van der Waals surface area contributed by atoms with Gasteiger partial charge in [-0.25, -0.2) is 9.97 Å². The van der Waals surface area contributed by atoms with Crippen LogP contribution < -0.4 is 19.7 Å². The van der Waals surface area contributed by atoms with Gasteiger partial charge in [0, 0.05) is 12.1 Å². The van der Waals surface area contributed by atoms with E-state index in [9.17, 15) is 9.90 Å². The number of hydrogen-bond acceptors (Lipinski definition) is 8. The third-order valence-corrected chi connectivity index (χ3v) is 7.19. The molecule has 3 heterocycles. The fourth-order valence-corrected chi connectivity index (χ4v) is 4.80. The number of aliphatic carboxylic acids is 1. The van der Waals surface area contributed by atoms with E-state index >= 15 is 0 Å². The molecule has 4 aromatic rings. The molecule has 5 rings (SSSR count). The molecule has 2 aromatic heterocycles. The summed E-state index contributed by atoms with van der Waals surface area (Å²) in [7, 11) is 0. The van der Waals surface area contributed by atoms with Crippen LogP contribution in [-0.4, -0.2) is 51.8 Å². The van der Waals surface area contributed by atoms with Gasteiger partial charge >= 0.3 is 5.97 Å². The van der Waals surface area contributed by atoms with Gasteiger partial charge in [0.2, 0.25) is 0 Å². The lowest BCUT2D eigenvalue weighted by Crippen LogP contribution is -2.41. The van der Waals surface area contributed by atoms with Crippen molar-refractivity contribution in [3.05, 3.63) is 84.7 Å². The third kappa shape index (κ3) is 6.57. The molecule has 1 fully saturated rings. The van der Waals surface area contributed by atoms with Crippen LogP contribution in [0.2, 0.25) is 0 Å². The van der Waals surface area contributed by atoms with E-state index < -0.39 is 11.4 Å². The Bertz CT molecular complexity index is 1510. The summed E-state index contributed by atoms with van der Waals surface area (Å²) >= 11 is 0. The van der Waals surface area contributed by atoms with Crippen molar-refractivity contribution in [1.29, 1.82) is 0 Å². The zero-order valence-electron chi connectivity index (χ0n) is 23.6. The lowest BCUT2D eigenvalue weighted by atomic mass is 9.84. The van der Waals surface area contributed by atoms with Crippen LogP contribution in [0.4, 0.5) is 17.5 Å². The summed E-state index contributed by atoms with van der Waals surface area (Å²) in [5.41, 5.74) is 1.27. The molecular formula is C32H35N5O4. The number of rotatable bonds is 10. The van der Waals surface area contributed by atoms with E-state index in [0.717, 1.165) is 48.0 Å². The summed E-state index contributed by atoms with van der Waals surface area (Å²) in [6.07, 6.45) is 5.36. The first-order valence-electron chi connectivity index (χ1n) is 13.9. The number of carbonyl (C=O) groups is 1. The van der Waals surface area contributed by atoms with Crippen LogP contribution in [0, 0.1) is 0 Å². The van der Waals surface area contributed by atoms with E-state index in [1.54, 1.807) is 26.2 Å². The number of hydrogen-bond donors (Lipinski definition) is 2. The Hall–Kier alpha value is -4.66. The molecule has 1 atom stereocenters. The van der Waals surface area contributed by atoms with Crippen LogP contribution in [-0.2, 0) is 10.2 Å². The quantitative estimate of drug-likeness (QED) is 0.241. The standard InChI is InChI=1S/C32H35N5O4/c1-4-40-26-14-5-6-15-27(26)41-24-12-9-17-37(21-24)30-20-33-19-29(36-30)35-28-16-8-13-25(34-28)22-10-7-11-23(18-22)32(2,3)31(38)39/h5-8,10-11,13-16,18-20,24H,4,9,12,17,21H2,1-3H3,(H,38,39)(H,34,35,36). The average molecular weight is 554 g/mol. The molecule has 0 aliphatic carbocycles. The highest BCUT2D eigenvalue weighted by molar-refractivity contribution is 5.81. The third-order valence-electron chi connectivity index (χ3n) is 7.19. The molecule has 212 valence electrons. The summed E-state index contributed by atoms with van der Waals surface area (Å²) in [5, 5.41) is 12.9. The van der Waals surface area contributed by atoms with Crippen LogP contribution in [0.15, 0.2) is 79.1 Å². The molecule has 0 amide bonds. The first-order chi connectivity index (χ1) is 19.8. The molecule has 9 heteroatoms. The molecular weight excluding hydrogens is 518 g/mol. The Morgan fingerprint density at radius 3 is 2.63 bits per heavy atom. The maximum atomic E-state index is 11.8. The predicted molar refractivity (Wildman–Crippen MR) is 159 cm³/mol. The largest absolute Gasteiger partial charge is 0.490 e. The van der Waals surface area contributed by atoms with Crippen LogP contribution in [0.25, 0.3) is 11.3 Å². The molecule has 0 spiro atoms. The van der Waals surface area contributed by atoms with Gasteiger partial charge in [-0.1, -0.05) is 36.4 Å². The highest BCUT2D eigenvalue weighted by atomic mass is 16.5. The zero-order chi connectivity index (χ0) is 28.8. The fourth-order valence-electron chi connectivity index (χ4n) is 4.80. The van der Waals surface area contributed by atoms with Gasteiger partial charge in [0.1, 0.15) is 17.7 Å². The van der Waals surface area contributed by atoms with Crippen LogP contribution in [0.1, 0.15) is 39.2 Å². The SMILES string of the molecule is CCOc1ccccc1OC1CCCN(c2cncc(Nc3cccc(-c4cccc(C(C)(C)C(=O)O)c4)n3)n2)C1. The molecule has 0 bridgehead atoms. The van der Waals surface area contributed by atoms with Gasteiger partial charge in [0.15, 0.2) is 17.3 Å². The van der Waals surface area contributed by atoms with Crippen LogP contribution >= 0.6 is 0 Å². The molecule has 9 nitrogen and oxygen atoms in total. The topological polar surface area (TPSA) is 110 Å². The minimum absolute atomic E-state index is 0.00369. The number of nitrogens with one attached hydrogen (secondary N) is 1. The zero-order valence-corrected chi connectivity index (χ0v) is 23.6. The van der Waals surface area contributed by atoms with Crippen molar-refractivity contribution in [2.45, 2.75) is 45.1 Å². The monoisotopic (exact) mass is 553 g/mol. The highest BCUT2D eigenvalue weighted by Crippen LogP contribution is 2.31. The fraction of sp³-hybridized carbons (Fsp3) is 0.312. The minimum atomic E-state index is -1.01. The van der Waals surface area contributed by atoms with Gasteiger partial charge < -0.3 is 24.8 Å². The lowest BCUT2D eigenvalue weighted by molar-refractivity contribution is -0.142. The van der Waals surface area contributed by atoms with Gasteiger partial charge in [-0.2, -0.15) is 0 Å². The maximum Gasteiger partial charge on any atom is 0.313 e. The summed E-state index contributed by atoms with van der Waals surface area (Å²) in [4.78, 5) is 27.9. The van der Waals surface area contributed by atoms with Crippen molar-refractivity contribution in [3.8, 4) is 22.8 Å². The van der Waals surface area contributed by atoms with E-state index in [-0.39, 0.29) is 6.10 Å². The minimum Gasteiger partial charge on any atom is -0.490 e. The molecule has 1 aliphatic rings. The summed E-state index contributed by atoms with van der Waals surface area (Å²) in [5.74, 6) is 2.59. The predicted octanol–water partition coefficient (Wildman–Crippen LogP) is 6.09. The number of carboxylic acid groups (broad SMARTS) is 1. The second-order valence-corrected chi connectivity index (χ2v) is 10.5. The number of pyridine rings is 1. The van der Waals surface area contributed by atoms with Crippen molar-refractivity contribution < 1.29 is 19.4 Å². The van der Waals surface area contributed by atoms with Gasteiger partial charge in [-0.3, -0.25) is 9.78 Å². The van der Waals surface area contributed by atoms with Gasteiger partial charge in [-0.05, 0) is 69.5 Å². The number of ether oxygens (including phenoxy) is 2. The number of aromatic nitrogens is 3. The first kappa shape index (κ1) is 27.9. The lowest BCUT2D eigenvalue weighted by Gasteiger charge is -2.33. The molecule has 0 radical (unpaired) electrons. The Morgan fingerprint density at radius 2 is 1.83 bits per heavy atom. The van der Waals surface area contributed by atoms with Crippen molar-refractivity contribution in [2.24, 2.45) is 0 Å². The first-order valence-corrected chi connectivity index (χ1v) is 13.9. The maximum absolute atomic E-state index is 11.8. The van der Waals surface area contributed by atoms with Crippen molar-refractivity contribution in [2.75, 3.05) is 29.9 Å². The van der Waals surface area contributed by atoms with E-state index in [2.05, 4.69) is 15.2 Å². The molecule has 1 unspecified atom stereocenters. The van der Waals surface area contributed by atoms with Crippen molar-refractivity contribution in [3.63, 3.8) is 0 Å². The summed E-state index contributed by atoms with van der Waals surface area (Å²) in [6, 6.07) is 20.9. The number of nitrogens with zero attached hydrogens (tertiary/aromatic N) is 4. The van der Waals surface area contributed by atoms with E-state index in [1.165, 1.54) is 0 Å². The van der Waals surface area contributed by atoms with E-state index in [1.807, 2.05) is 73.7 Å². The molecule has 0 saturated carbocycles. The van der Waals surface area contributed by atoms with E-state index in [4.69, 9.17) is 19.4 Å². The number of benzene rings is 2. The van der Waals surface area contributed by atoms with Gasteiger partial charge in [0.25, 0.3) is 0 Å². The molecule has 2 aromatic carbocycles. The summed E-state index contributed by atoms with van der Waals surface area (Å²) in [6.45, 7) is 7.49. The molecule has 2 N–H and O–H groups in total. The van der Waals surface area contributed by atoms with Crippen molar-refractivity contribution >= 4 is 23.4 Å². The Kier molecular flexibility index (Phi) is 8.33. The number of anilines is 3. The Morgan fingerprint density at radius 1 is 1.02 bits per heavy atom. The number of para-hydroxylation sites is 2.